The molecule has 0 saturated carbocycles. The lowest BCUT2D eigenvalue weighted by Gasteiger charge is -2.27. The highest BCUT2D eigenvalue weighted by Crippen LogP contribution is 2.22. The second kappa shape index (κ2) is 9.04. The topological polar surface area (TPSA) is 61.4 Å². The number of hydrogen-bond donors (Lipinski definition) is 2. The van der Waals surface area contributed by atoms with Gasteiger partial charge in [0.15, 0.2) is 0 Å². The van der Waals surface area contributed by atoms with Gasteiger partial charge in [-0.2, -0.15) is 0 Å². The normalized spacial score (nSPS) is 14.7. The van der Waals surface area contributed by atoms with E-state index in [-0.39, 0.29) is 29.6 Å². The molecular formula is C18H28ClN3O2. The van der Waals surface area contributed by atoms with Crippen molar-refractivity contribution in [2.45, 2.75) is 32.6 Å². The molecule has 1 aliphatic heterocycles. The number of amides is 2. The molecule has 0 atom stereocenters. The molecular weight excluding hydrogens is 326 g/mol. The van der Waals surface area contributed by atoms with Gasteiger partial charge in [0, 0.05) is 44.7 Å². The number of nitrogens with zero attached hydrogens (tertiary/aromatic N) is 1. The molecule has 0 radical (unpaired) electrons. The Bertz CT molecular complexity index is 546. The van der Waals surface area contributed by atoms with Gasteiger partial charge >= 0.3 is 0 Å². The molecule has 1 heterocycles. The van der Waals surface area contributed by atoms with E-state index in [9.17, 15) is 9.59 Å². The fourth-order valence-corrected chi connectivity index (χ4v) is 2.58. The maximum Gasteiger partial charge on any atom is 0.251 e. The minimum absolute atomic E-state index is 0. The van der Waals surface area contributed by atoms with Crippen molar-refractivity contribution in [3.05, 3.63) is 35.4 Å². The molecule has 0 spiro atoms. The van der Waals surface area contributed by atoms with E-state index < -0.39 is 0 Å². The van der Waals surface area contributed by atoms with Gasteiger partial charge < -0.3 is 15.5 Å². The molecule has 1 aromatic rings. The minimum Gasteiger partial charge on any atom is -0.352 e. The van der Waals surface area contributed by atoms with Crippen molar-refractivity contribution >= 4 is 24.2 Å². The highest BCUT2D eigenvalue weighted by molar-refractivity contribution is 5.94. The summed E-state index contributed by atoms with van der Waals surface area (Å²) in [7, 11) is 0. The second-order valence-corrected chi connectivity index (χ2v) is 6.96. The van der Waals surface area contributed by atoms with Gasteiger partial charge in [-0.3, -0.25) is 9.59 Å². The number of hydrogen-bond acceptors (Lipinski definition) is 3. The van der Waals surface area contributed by atoms with Gasteiger partial charge in [0.05, 0.1) is 0 Å². The summed E-state index contributed by atoms with van der Waals surface area (Å²) in [5.41, 5.74) is 1.90. The smallest absolute Gasteiger partial charge is 0.251 e. The summed E-state index contributed by atoms with van der Waals surface area (Å²) >= 11 is 0. The van der Waals surface area contributed by atoms with Gasteiger partial charge in [-0.25, -0.2) is 0 Å². The van der Waals surface area contributed by atoms with Gasteiger partial charge in [0.25, 0.3) is 5.91 Å². The summed E-state index contributed by atoms with van der Waals surface area (Å²) in [6, 6.07) is 7.66. The van der Waals surface area contributed by atoms with E-state index in [1.807, 2.05) is 29.2 Å². The van der Waals surface area contributed by atoms with Crippen LogP contribution in [0.15, 0.2) is 24.3 Å². The summed E-state index contributed by atoms with van der Waals surface area (Å²) in [6.07, 6.45) is 0.353. The number of nitrogens with one attached hydrogen (secondary N) is 2. The monoisotopic (exact) mass is 353 g/mol. The zero-order valence-electron chi connectivity index (χ0n) is 14.7. The molecule has 0 aromatic heterocycles. The first-order chi connectivity index (χ1) is 10.9. The van der Waals surface area contributed by atoms with Gasteiger partial charge in [0.2, 0.25) is 5.91 Å². The first-order valence-electron chi connectivity index (χ1n) is 8.25. The number of carbonyl (C=O) groups excluding carboxylic acids is 2. The lowest BCUT2D eigenvalue weighted by atomic mass is 9.87. The van der Waals surface area contributed by atoms with E-state index in [0.29, 0.717) is 18.5 Å². The van der Waals surface area contributed by atoms with Crippen molar-refractivity contribution in [2.75, 3.05) is 32.7 Å². The Labute approximate surface area is 150 Å². The van der Waals surface area contributed by atoms with Crippen LogP contribution in [0, 0.1) is 0 Å². The van der Waals surface area contributed by atoms with Crippen molar-refractivity contribution in [3.63, 3.8) is 0 Å². The van der Waals surface area contributed by atoms with Crippen LogP contribution in [0.2, 0.25) is 0 Å². The van der Waals surface area contributed by atoms with Gasteiger partial charge in [-0.15, -0.1) is 12.4 Å². The van der Waals surface area contributed by atoms with Crippen LogP contribution in [-0.2, 0) is 10.2 Å². The number of carbonyl (C=O) groups is 2. The Morgan fingerprint density at radius 3 is 2.25 bits per heavy atom. The fourth-order valence-electron chi connectivity index (χ4n) is 2.58. The fraction of sp³-hybridized carbons (Fsp3) is 0.556. The van der Waals surface area contributed by atoms with E-state index in [1.54, 1.807) is 0 Å². The maximum absolute atomic E-state index is 12.1. The van der Waals surface area contributed by atoms with Crippen molar-refractivity contribution in [2.24, 2.45) is 0 Å². The molecule has 1 fully saturated rings. The predicted octanol–water partition coefficient (Wildman–Crippen LogP) is 1.96. The summed E-state index contributed by atoms with van der Waals surface area (Å²) in [6.45, 7) is 10.00. The Kier molecular flexibility index (Phi) is 7.70. The van der Waals surface area contributed by atoms with Crippen molar-refractivity contribution in [1.29, 1.82) is 0 Å². The van der Waals surface area contributed by atoms with Crippen LogP contribution in [0.1, 0.15) is 43.1 Å². The summed E-state index contributed by atoms with van der Waals surface area (Å²) in [5, 5.41) is 6.04. The molecule has 1 aliphatic rings. The Hall–Kier alpha value is -1.59. The number of piperazine rings is 1. The van der Waals surface area contributed by atoms with Crippen molar-refractivity contribution in [1.82, 2.24) is 15.5 Å². The quantitative estimate of drug-likeness (QED) is 0.869. The molecule has 0 unspecified atom stereocenters. The number of benzene rings is 1. The molecule has 6 heteroatoms. The maximum atomic E-state index is 12.1. The Morgan fingerprint density at radius 2 is 1.71 bits per heavy atom. The zero-order chi connectivity index (χ0) is 16.9. The van der Waals surface area contributed by atoms with Gasteiger partial charge in [0.1, 0.15) is 0 Å². The highest BCUT2D eigenvalue weighted by atomic mass is 35.5. The minimum atomic E-state index is -0.126. The van der Waals surface area contributed by atoms with E-state index in [2.05, 4.69) is 31.4 Å². The molecule has 134 valence electrons. The molecule has 1 saturated heterocycles. The standard InChI is InChI=1S/C18H27N3O2.ClH/c1-18(2,3)15-6-4-14(5-7-15)17(23)20-9-8-16(22)21-12-10-19-11-13-21;/h4-7,19H,8-13H2,1-3H3,(H,20,23);1H. The lowest BCUT2D eigenvalue weighted by Crippen LogP contribution is -2.47. The molecule has 1 aromatic carbocycles. The molecule has 0 bridgehead atoms. The highest BCUT2D eigenvalue weighted by Gasteiger charge is 2.17. The van der Waals surface area contributed by atoms with Crippen LogP contribution < -0.4 is 10.6 Å². The molecule has 5 nitrogen and oxygen atoms in total. The third-order valence-corrected chi connectivity index (χ3v) is 4.11. The van der Waals surface area contributed by atoms with Crippen LogP contribution in [0.25, 0.3) is 0 Å². The van der Waals surface area contributed by atoms with Crippen LogP contribution in [0.3, 0.4) is 0 Å². The zero-order valence-corrected chi connectivity index (χ0v) is 15.5. The molecule has 2 N–H and O–H groups in total. The largest absolute Gasteiger partial charge is 0.352 e. The van der Waals surface area contributed by atoms with E-state index in [0.717, 1.165) is 26.2 Å². The molecule has 0 aliphatic carbocycles. The lowest BCUT2D eigenvalue weighted by molar-refractivity contribution is -0.131. The van der Waals surface area contributed by atoms with E-state index >= 15 is 0 Å². The summed E-state index contributed by atoms with van der Waals surface area (Å²) in [4.78, 5) is 26.0. The second-order valence-electron chi connectivity index (χ2n) is 6.96. The number of rotatable bonds is 4. The van der Waals surface area contributed by atoms with E-state index in [1.165, 1.54) is 5.56 Å². The third kappa shape index (κ3) is 5.80. The third-order valence-electron chi connectivity index (χ3n) is 4.11. The number of halogens is 1. The molecule has 2 amide bonds. The van der Waals surface area contributed by atoms with Crippen LogP contribution in [0.5, 0.6) is 0 Å². The molecule has 24 heavy (non-hydrogen) atoms. The average molecular weight is 354 g/mol. The average Bonchev–Trinajstić information content (AvgIpc) is 2.54. The summed E-state index contributed by atoms with van der Waals surface area (Å²) < 4.78 is 0. The Balaban J connectivity index is 0.00000288. The van der Waals surface area contributed by atoms with E-state index in [4.69, 9.17) is 0 Å². The van der Waals surface area contributed by atoms with Gasteiger partial charge in [-0.05, 0) is 23.1 Å². The SMILES string of the molecule is CC(C)(C)c1ccc(C(=O)NCCC(=O)N2CCNCC2)cc1.Cl. The first-order valence-corrected chi connectivity index (χ1v) is 8.25. The predicted molar refractivity (Wildman–Crippen MR) is 98.8 cm³/mol. The molecule has 2 rings (SSSR count). The first kappa shape index (κ1) is 20.5. The van der Waals surface area contributed by atoms with Crippen LogP contribution in [0.4, 0.5) is 0 Å². The van der Waals surface area contributed by atoms with Gasteiger partial charge in [-0.1, -0.05) is 32.9 Å². The van der Waals surface area contributed by atoms with Crippen LogP contribution in [-0.4, -0.2) is 49.4 Å². The Morgan fingerprint density at radius 1 is 1.12 bits per heavy atom. The van der Waals surface area contributed by atoms with Crippen molar-refractivity contribution in [3.8, 4) is 0 Å². The summed E-state index contributed by atoms with van der Waals surface area (Å²) in [5.74, 6) is -0.0200. The van der Waals surface area contributed by atoms with Crippen molar-refractivity contribution < 1.29 is 9.59 Å². The van der Waals surface area contributed by atoms with Crippen LogP contribution >= 0.6 is 12.4 Å².